The fourth-order valence-electron chi connectivity index (χ4n) is 2.45. The first-order valence-electron chi connectivity index (χ1n) is 5.09. The second-order valence-electron chi connectivity index (χ2n) is 4.05. The summed E-state index contributed by atoms with van der Waals surface area (Å²) in [6.07, 6.45) is 7.05. The van der Waals surface area contributed by atoms with E-state index in [1.165, 1.54) is 24.7 Å². The average molecular weight is 406 g/mol. The van der Waals surface area contributed by atoms with Gasteiger partial charge in [-0.15, -0.1) is 23.1 Å². The molecule has 0 nitrogen and oxygen atoms in total. The van der Waals surface area contributed by atoms with Crippen molar-refractivity contribution < 1.29 is 0 Å². The zero-order valence-electron chi connectivity index (χ0n) is 8.44. The largest absolute Gasteiger partial charge is 0.143 e. The van der Waals surface area contributed by atoms with E-state index in [1.807, 2.05) is 34.9 Å². The second-order valence-corrected chi connectivity index (χ2v) is 10.4. The molecule has 4 rings (SSSR count). The molecule has 0 bridgehead atoms. The van der Waals surface area contributed by atoms with Gasteiger partial charge in [0.25, 0.3) is 0 Å². The number of halogens is 2. The van der Waals surface area contributed by atoms with E-state index in [9.17, 15) is 0 Å². The summed E-state index contributed by atoms with van der Waals surface area (Å²) in [4.78, 5) is 2.87. The number of rotatable bonds is 0. The third-order valence-electron chi connectivity index (χ3n) is 3.11. The van der Waals surface area contributed by atoms with Crippen LogP contribution >= 0.6 is 66.7 Å². The van der Waals surface area contributed by atoms with Crippen molar-refractivity contribution in [1.82, 2.24) is 0 Å². The highest BCUT2D eigenvalue weighted by atomic mass is 79.9. The van der Waals surface area contributed by atoms with E-state index < -0.39 is 0 Å². The molecule has 3 aliphatic rings. The lowest BCUT2D eigenvalue weighted by atomic mass is 9.89. The van der Waals surface area contributed by atoms with Crippen molar-refractivity contribution >= 4 is 78.4 Å². The van der Waals surface area contributed by atoms with Gasteiger partial charge in [0.1, 0.15) is 0 Å². The summed E-state index contributed by atoms with van der Waals surface area (Å²) >= 11 is 13.0. The van der Waals surface area contributed by atoms with Gasteiger partial charge in [0.2, 0.25) is 0 Å². The summed E-state index contributed by atoms with van der Waals surface area (Å²) in [5.41, 5.74) is 2.84. The molecular formula is C12H6Br2S3. The van der Waals surface area contributed by atoms with Crippen molar-refractivity contribution in [2.75, 3.05) is 0 Å². The number of hydrogen-bond donors (Lipinski definition) is 0. The fourth-order valence-corrected chi connectivity index (χ4v) is 8.16. The van der Waals surface area contributed by atoms with Gasteiger partial charge in [-0.05, 0) is 50.7 Å². The van der Waals surface area contributed by atoms with Gasteiger partial charge < -0.3 is 0 Å². The fraction of sp³-hybridized carbons (Fsp3) is 0.167. The average Bonchev–Trinajstić information content (AvgIpc) is 2.88. The van der Waals surface area contributed by atoms with Gasteiger partial charge in [-0.3, -0.25) is 0 Å². The van der Waals surface area contributed by atoms with Crippen LogP contribution in [0.2, 0.25) is 0 Å². The maximum absolute atomic E-state index is 3.73. The lowest BCUT2D eigenvalue weighted by Gasteiger charge is -2.30. The topological polar surface area (TPSA) is 0 Å². The first kappa shape index (κ1) is 11.4. The summed E-state index contributed by atoms with van der Waals surface area (Å²) in [7, 11) is 0. The predicted octanol–water partition coefficient (Wildman–Crippen LogP) is 5.68. The van der Waals surface area contributed by atoms with Gasteiger partial charge in [0.15, 0.2) is 0 Å². The van der Waals surface area contributed by atoms with Crippen LogP contribution in [0.3, 0.4) is 0 Å². The van der Waals surface area contributed by atoms with Crippen molar-refractivity contribution in [3.63, 3.8) is 0 Å². The molecule has 86 valence electrons. The van der Waals surface area contributed by atoms with Crippen molar-refractivity contribution in [2.24, 2.45) is 0 Å². The lowest BCUT2D eigenvalue weighted by molar-refractivity contribution is 1.17. The third kappa shape index (κ3) is 1.49. The molecule has 17 heavy (non-hydrogen) atoms. The Labute approximate surface area is 129 Å². The van der Waals surface area contributed by atoms with Crippen LogP contribution < -0.4 is 0 Å². The van der Waals surface area contributed by atoms with Gasteiger partial charge in [0.05, 0.1) is 12.7 Å². The molecule has 5 heteroatoms. The molecule has 1 aromatic rings. The van der Waals surface area contributed by atoms with Crippen LogP contribution in [-0.4, -0.2) is 8.91 Å². The van der Waals surface area contributed by atoms with Crippen LogP contribution in [-0.2, 0) is 0 Å². The van der Waals surface area contributed by atoms with Crippen molar-refractivity contribution in [3.05, 3.63) is 42.8 Å². The minimum atomic E-state index is 0.0650. The van der Waals surface area contributed by atoms with Crippen molar-refractivity contribution in [3.8, 4) is 0 Å². The zero-order valence-corrected chi connectivity index (χ0v) is 14.1. The van der Waals surface area contributed by atoms with Crippen molar-refractivity contribution in [1.29, 1.82) is 0 Å². The maximum atomic E-state index is 3.73. The van der Waals surface area contributed by atoms with Gasteiger partial charge in [-0.2, -0.15) is 0 Å². The molecule has 0 amide bonds. The van der Waals surface area contributed by atoms with Crippen LogP contribution in [0.4, 0.5) is 0 Å². The summed E-state index contributed by atoms with van der Waals surface area (Å²) in [5.74, 6) is 0. The molecule has 2 aliphatic heterocycles. The molecule has 0 fully saturated rings. The molecular weight excluding hydrogens is 400 g/mol. The molecule has 2 unspecified atom stereocenters. The van der Waals surface area contributed by atoms with E-state index in [2.05, 4.69) is 61.5 Å². The first-order chi connectivity index (χ1) is 8.19. The minimum Gasteiger partial charge on any atom is -0.143 e. The number of hydrogen-bond acceptors (Lipinski definition) is 3. The normalized spacial score (nSPS) is 33.5. The SMILES string of the molecule is BrC1=CC23SC(Br)C=C2c2sccc2C=C3S1. The zero-order chi connectivity index (χ0) is 11.6. The van der Waals surface area contributed by atoms with Crippen LogP contribution in [0, 0.1) is 0 Å². The monoisotopic (exact) mass is 404 g/mol. The van der Waals surface area contributed by atoms with Crippen LogP contribution in [0.5, 0.6) is 0 Å². The predicted molar refractivity (Wildman–Crippen MR) is 87.9 cm³/mol. The van der Waals surface area contributed by atoms with Gasteiger partial charge in [-0.25, -0.2) is 0 Å². The van der Waals surface area contributed by atoms with Crippen molar-refractivity contribution in [2.45, 2.75) is 8.91 Å². The lowest BCUT2D eigenvalue weighted by Crippen LogP contribution is -2.22. The molecule has 1 aromatic heterocycles. The van der Waals surface area contributed by atoms with Crippen LogP contribution in [0.15, 0.2) is 32.3 Å². The summed E-state index contributed by atoms with van der Waals surface area (Å²) in [6, 6.07) is 2.22. The summed E-state index contributed by atoms with van der Waals surface area (Å²) < 4.78 is 1.71. The molecule has 3 heterocycles. The maximum Gasteiger partial charge on any atom is 0.0944 e. The highest BCUT2D eigenvalue weighted by molar-refractivity contribution is 9.14. The van der Waals surface area contributed by atoms with Crippen LogP contribution in [0.25, 0.3) is 11.6 Å². The Morgan fingerprint density at radius 2 is 2.24 bits per heavy atom. The molecule has 1 aliphatic carbocycles. The highest BCUT2D eigenvalue weighted by Crippen LogP contribution is 2.66. The van der Waals surface area contributed by atoms with E-state index in [0.717, 1.165) is 0 Å². The summed E-state index contributed by atoms with van der Waals surface area (Å²) in [5, 5.41) is 2.19. The quantitative estimate of drug-likeness (QED) is 0.509. The Kier molecular flexibility index (Phi) is 2.54. The van der Waals surface area contributed by atoms with E-state index in [0.29, 0.717) is 4.16 Å². The molecule has 0 aromatic carbocycles. The molecule has 1 spiro atoms. The molecule has 0 radical (unpaired) electrons. The standard InChI is InChI=1S/C12H6Br2S3/c13-9-4-7-11-6(1-2-15-11)3-8-12(7,17-9)5-10(14)16-8/h1-5,9H. The molecule has 2 atom stereocenters. The van der Waals surface area contributed by atoms with E-state index in [4.69, 9.17) is 0 Å². The van der Waals surface area contributed by atoms with E-state index >= 15 is 0 Å². The number of alkyl halides is 1. The highest BCUT2D eigenvalue weighted by Gasteiger charge is 2.50. The molecule has 0 saturated heterocycles. The minimum absolute atomic E-state index is 0.0650. The third-order valence-corrected chi connectivity index (χ3v) is 8.01. The Hall–Kier alpha value is 0.580. The molecule has 0 saturated carbocycles. The smallest absolute Gasteiger partial charge is 0.0944 e. The summed E-state index contributed by atoms with van der Waals surface area (Å²) in [6.45, 7) is 0. The van der Waals surface area contributed by atoms with E-state index in [1.54, 1.807) is 0 Å². The second kappa shape index (κ2) is 3.79. The first-order valence-corrected chi connectivity index (χ1v) is 9.38. The Morgan fingerprint density at radius 1 is 1.35 bits per heavy atom. The van der Waals surface area contributed by atoms with Crippen LogP contribution in [0.1, 0.15) is 10.4 Å². The Bertz CT molecular complexity index is 611. The van der Waals surface area contributed by atoms with Gasteiger partial charge in [-0.1, -0.05) is 33.8 Å². The number of thiophene rings is 1. The molecule has 0 N–H and O–H groups in total. The van der Waals surface area contributed by atoms with Gasteiger partial charge in [0, 0.05) is 9.78 Å². The Morgan fingerprint density at radius 3 is 3.12 bits per heavy atom. The van der Waals surface area contributed by atoms with E-state index in [-0.39, 0.29) is 4.75 Å². The number of thioether (sulfide) groups is 2. The number of fused-ring (bicyclic) bond motifs is 2. The Balaban J connectivity index is 2.03. The van der Waals surface area contributed by atoms with Gasteiger partial charge >= 0.3 is 0 Å².